The van der Waals surface area contributed by atoms with Crippen molar-refractivity contribution < 1.29 is 19.4 Å². The number of nitrogens with one attached hydrogen (secondary N) is 1. The number of aliphatic carboxylic acids is 1. The molecule has 0 radical (unpaired) electrons. The Morgan fingerprint density at radius 2 is 2.04 bits per heavy atom. The van der Waals surface area contributed by atoms with E-state index in [2.05, 4.69) is 5.32 Å². The number of amides is 2. The maximum atomic E-state index is 12.8. The number of nitrogens with zero attached hydrogens (tertiary/aromatic N) is 1. The van der Waals surface area contributed by atoms with Gasteiger partial charge in [-0.3, -0.25) is 4.79 Å². The summed E-state index contributed by atoms with van der Waals surface area (Å²) in [4.78, 5) is 25.5. The SMILES string of the molecule is CC1N(C(=O)NC(CCC(=O)O)Cc2ccccc2)CCOC1(C)C. The number of hydrogen-bond acceptors (Lipinski definition) is 3. The van der Waals surface area contributed by atoms with Gasteiger partial charge in [-0.25, -0.2) is 4.79 Å². The molecular formula is C19H28N2O4. The first kappa shape index (κ1) is 19.2. The van der Waals surface area contributed by atoms with Crippen LogP contribution in [0.25, 0.3) is 0 Å². The van der Waals surface area contributed by atoms with Crippen molar-refractivity contribution in [3.05, 3.63) is 35.9 Å². The van der Waals surface area contributed by atoms with E-state index in [0.717, 1.165) is 5.56 Å². The molecule has 1 heterocycles. The van der Waals surface area contributed by atoms with Gasteiger partial charge in [-0.05, 0) is 39.2 Å². The summed E-state index contributed by atoms with van der Waals surface area (Å²) in [5.41, 5.74) is 0.680. The predicted molar refractivity (Wildman–Crippen MR) is 95.5 cm³/mol. The van der Waals surface area contributed by atoms with Crippen LogP contribution in [-0.4, -0.2) is 52.8 Å². The second-order valence-corrected chi connectivity index (χ2v) is 7.09. The zero-order valence-corrected chi connectivity index (χ0v) is 15.2. The predicted octanol–water partition coefficient (Wildman–Crippen LogP) is 2.67. The van der Waals surface area contributed by atoms with E-state index < -0.39 is 11.6 Å². The molecule has 1 aromatic carbocycles. The Kier molecular flexibility index (Phi) is 6.42. The fourth-order valence-corrected chi connectivity index (χ4v) is 3.05. The third kappa shape index (κ3) is 5.46. The number of carboxylic acids is 1. The summed E-state index contributed by atoms with van der Waals surface area (Å²) in [5, 5.41) is 12.0. The van der Waals surface area contributed by atoms with Crippen molar-refractivity contribution in [2.75, 3.05) is 13.2 Å². The van der Waals surface area contributed by atoms with Gasteiger partial charge in [0.1, 0.15) is 0 Å². The maximum absolute atomic E-state index is 12.8. The highest BCUT2D eigenvalue weighted by Gasteiger charge is 2.38. The Labute approximate surface area is 149 Å². The van der Waals surface area contributed by atoms with Gasteiger partial charge in [-0.2, -0.15) is 0 Å². The zero-order valence-electron chi connectivity index (χ0n) is 15.2. The highest BCUT2D eigenvalue weighted by Crippen LogP contribution is 2.24. The standard InChI is InChI=1S/C19H28N2O4/c1-14-19(2,3)25-12-11-21(14)18(24)20-16(9-10-17(22)23)13-15-7-5-4-6-8-15/h4-8,14,16H,9-13H2,1-3H3,(H,20,24)(H,22,23). The highest BCUT2D eigenvalue weighted by atomic mass is 16.5. The molecule has 2 atom stereocenters. The number of urea groups is 1. The lowest BCUT2D eigenvalue weighted by Gasteiger charge is -2.44. The Hall–Kier alpha value is -2.08. The minimum atomic E-state index is -0.854. The van der Waals surface area contributed by atoms with E-state index in [9.17, 15) is 9.59 Å². The Morgan fingerprint density at radius 1 is 1.36 bits per heavy atom. The summed E-state index contributed by atoms with van der Waals surface area (Å²) >= 11 is 0. The lowest BCUT2D eigenvalue weighted by atomic mass is 9.97. The molecular weight excluding hydrogens is 320 g/mol. The smallest absolute Gasteiger partial charge is 0.318 e. The molecule has 0 saturated carbocycles. The van der Waals surface area contributed by atoms with Gasteiger partial charge in [0.05, 0.1) is 18.2 Å². The third-order valence-corrected chi connectivity index (χ3v) is 4.90. The summed E-state index contributed by atoms with van der Waals surface area (Å²) in [6.07, 6.45) is 1.04. The Bertz CT molecular complexity index is 588. The lowest BCUT2D eigenvalue weighted by molar-refractivity contribution is -0.137. The van der Waals surface area contributed by atoms with Crippen molar-refractivity contribution in [1.82, 2.24) is 10.2 Å². The van der Waals surface area contributed by atoms with Crippen molar-refractivity contribution in [3.8, 4) is 0 Å². The van der Waals surface area contributed by atoms with Crippen LogP contribution >= 0.6 is 0 Å². The van der Waals surface area contributed by atoms with Crippen LogP contribution in [0.2, 0.25) is 0 Å². The number of rotatable bonds is 6. The molecule has 0 aliphatic carbocycles. The van der Waals surface area contributed by atoms with Crippen LogP contribution in [0.1, 0.15) is 39.2 Å². The van der Waals surface area contributed by atoms with Crippen LogP contribution < -0.4 is 5.32 Å². The van der Waals surface area contributed by atoms with Crippen molar-refractivity contribution in [1.29, 1.82) is 0 Å². The van der Waals surface area contributed by atoms with Gasteiger partial charge in [0, 0.05) is 19.0 Å². The topological polar surface area (TPSA) is 78.9 Å². The molecule has 1 aliphatic rings. The normalized spacial score (nSPS) is 20.8. The molecule has 2 amide bonds. The fourth-order valence-electron chi connectivity index (χ4n) is 3.05. The lowest BCUT2D eigenvalue weighted by Crippen LogP contribution is -2.60. The van der Waals surface area contributed by atoms with Gasteiger partial charge >= 0.3 is 12.0 Å². The highest BCUT2D eigenvalue weighted by molar-refractivity contribution is 5.75. The van der Waals surface area contributed by atoms with Crippen molar-refractivity contribution in [2.45, 2.75) is 57.7 Å². The second kappa shape index (κ2) is 8.34. The van der Waals surface area contributed by atoms with Crippen LogP contribution in [0.15, 0.2) is 30.3 Å². The van der Waals surface area contributed by atoms with Gasteiger partial charge in [0.15, 0.2) is 0 Å². The Morgan fingerprint density at radius 3 is 2.68 bits per heavy atom. The summed E-state index contributed by atoms with van der Waals surface area (Å²) in [6.45, 7) is 6.96. The molecule has 0 bridgehead atoms. The number of carbonyl (C=O) groups excluding carboxylic acids is 1. The summed E-state index contributed by atoms with van der Waals surface area (Å²) in [6, 6.07) is 9.36. The molecule has 138 valence electrons. The molecule has 6 nitrogen and oxygen atoms in total. The maximum Gasteiger partial charge on any atom is 0.318 e. The number of hydrogen-bond donors (Lipinski definition) is 2. The molecule has 1 aliphatic heterocycles. The van der Waals surface area contributed by atoms with E-state index in [-0.39, 0.29) is 24.5 Å². The summed E-state index contributed by atoms with van der Waals surface area (Å²) < 4.78 is 5.74. The number of morpholine rings is 1. The molecule has 6 heteroatoms. The first-order chi connectivity index (χ1) is 11.8. The average molecular weight is 348 g/mol. The summed E-state index contributed by atoms with van der Waals surface area (Å²) in [7, 11) is 0. The van der Waals surface area contributed by atoms with Crippen LogP contribution in [-0.2, 0) is 16.0 Å². The van der Waals surface area contributed by atoms with Crippen LogP contribution in [0.4, 0.5) is 4.79 Å². The molecule has 1 fully saturated rings. The molecule has 1 saturated heterocycles. The molecule has 0 spiro atoms. The van der Waals surface area contributed by atoms with Crippen molar-refractivity contribution in [3.63, 3.8) is 0 Å². The van der Waals surface area contributed by atoms with E-state index in [1.807, 2.05) is 51.1 Å². The van der Waals surface area contributed by atoms with Gasteiger partial charge < -0.3 is 20.1 Å². The van der Waals surface area contributed by atoms with Crippen molar-refractivity contribution >= 4 is 12.0 Å². The fraction of sp³-hybridized carbons (Fsp3) is 0.579. The van der Waals surface area contributed by atoms with E-state index in [0.29, 0.717) is 26.0 Å². The van der Waals surface area contributed by atoms with E-state index in [4.69, 9.17) is 9.84 Å². The van der Waals surface area contributed by atoms with Gasteiger partial charge in [0.25, 0.3) is 0 Å². The quantitative estimate of drug-likeness (QED) is 0.828. The van der Waals surface area contributed by atoms with Crippen molar-refractivity contribution in [2.24, 2.45) is 0 Å². The van der Waals surface area contributed by atoms with Gasteiger partial charge in [-0.1, -0.05) is 30.3 Å². The van der Waals surface area contributed by atoms with Crippen LogP contribution in [0.5, 0.6) is 0 Å². The minimum absolute atomic E-state index is 0.0297. The van der Waals surface area contributed by atoms with E-state index in [1.165, 1.54) is 0 Å². The first-order valence-electron chi connectivity index (χ1n) is 8.76. The summed E-state index contributed by atoms with van der Waals surface area (Å²) in [5.74, 6) is -0.854. The number of ether oxygens (including phenoxy) is 1. The largest absolute Gasteiger partial charge is 0.481 e. The van der Waals surface area contributed by atoms with E-state index >= 15 is 0 Å². The van der Waals surface area contributed by atoms with Gasteiger partial charge in [0.2, 0.25) is 0 Å². The number of carbonyl (C=O) groups is 2. The number of benzene rings is 1. The third-order valence-electron chi connectivity index (χ3n) is 4.90. The monoisotopic (exact) mass is 348 g/mol. The average Bonchev–Trinajstić information content (AvgIpc) is 2.56. The minimum Gasteiger partial charge on any atom is -0.481 e. The first-order valence-corrected chi connectivity index (χ1v) is 8.76. The number of carboxylic acid groups (broad SMARTS) is 1. The van der Waals surface area contributed by atoms with Crippen LogP contribution in [0, 0.1) is 0 Å². The Balaban J connectivity index is 2.04. The molecule has 1 aromatic rings. The van der Waals surface area contributed by atoms with Crippen LogP contribution in [0.3, 0.4) is 0 Å². The van der Waals surface area contributed by atoms with Gasteiger partial charge in [-0.15, -0.1) is 0 Å². The zero-order chi connectivity index (χ0) is 18.4. The molecule has 2 rings (SSSR count). The molecule has 0 aromatic heterocycles. The molecule has 2 unspecified atom stereocenters. The molecule has 2 N–H and O–H groups in total. The second-order valence-electron chi connectivity index (χ2n) is 7.09. The molecule has 25 heavy (non-hydrogen) atoms. The van der Waals surface area contributed by atoms with E-state index in [1.54, 1.807) is 4.90 Å².